The Labute approximate surface area is 121 Å². The fourth-order valence-corrected chi connectivity index (χ4v) is 1.92. The monoisotopic (exact) mass is 289 g/mol. The lowest BCUT2D eigenvalue weighted by atomic mass is 10.1. The number of hydrogen-bond donors (Lipinski definition) is 1. The van der Waals surface area contributed by atoms with Crippen LogP contribution in [0, 0.1) is 10.1 Å². The fourth-order valence-electron chi connectivity index (χ4n) is 1.92. The maximum Gasteiger partial charge on any atom is 0.314 e. The molecule has 0 aromatic heterocycles. The van der Waals surface area contributed by atoms with Crippen LogP contribution in [0.2, 0.25) is 0 Å². The van der Waals surface area contributed by atoms with E-state index in [-0.39, 0.29) is 11.4 Å². The molecule has 6 nitrogen and oxygen atoms in total. The molecular formula is C15H15NO5. The van der Waals surface area contributed by atoms with Gasteiger partial charge < -0.3 is 14.6 Å². The molecule has 0 fully saturated rings. The zero-order valence-corrected chi connectivity index (χ0v) is 11.6. The third kappa shape index (κ3) is 3.29. The van der Waals surface area contributed by atoms with Crippen molar-refractivity contribution in [1.82, 2.24) is 0 Å². The SMILES string of the molecule is COc1ccc(Oc2ccccc2[C@@H](C)O)cc1[N+](=O)[O-]. The van der Waals surface area contributed by atoms with E-state index in [9.17, 15) is 15.2 Å². The largest absolute Gasteiger partial charge is 0.490 e. The summed E-state index contributed by atoms with van der Waals surface area (Å²) in [7, 11) is 1.37. The van der Waals surface area contributed by atoms with Crippen LogP contribution in [0.3, 0.4) is 0 Å². The van der Waals surface area contributed by atoms with Crippen LogP contribution in [0.25, 0.3) is 0 Å². The number of hydrogen-bond acceptors (Lipinski definition) is 5. The molecule has 2 aromatic carbocycles. The highest BCUT2D eigenvalue weighted by molar-refractivity contribution is 5.52. The summed E-state index contributed by atoms with van der Waals surface area (Å²) in [5.74, 6) is 0.915. The van der Waals surface area contributed by atoms with Crippen molar-refractivity contribution in [2.75, 3.05) is 7.11 Å². The summed E-state index contributed by atoms with van der Waals surface area (Å²) >= 11 is 0. The van der Waals surface area contributed by atoms with Crippen molar-refractivity contribution in [3.05, 3.63) is 58.1 Å². The van der Waals surface area contributed by atoms with Crippen LogP contribution >= 0.6 is 0 Å². The minimum absolute atomic E-state index is 0.163. The van der Waals surface area contributed by atoms with E-state index in [0.29, 0.717) is 17.1 Å². The number of benzene rings is 2. The van der Waals surface area contributed by atoms with Crippen molar-refractivity contribution in [2.24, 2.45) is 0 Å². The van der Waals surface area contributed by atoms with Crippen LogP contribution in [0.4, 0.5) is 5.69 Å². The molecule has 1 atom stereocenters. The first-order chi connectivity index (χ1) is 10.0. The molecule has 0 aliphatic rings. The van der Waals surface area contributed by atoms with Crippen LogP contribution < -0.4 is 9.47 Å². The minimum atomic E-state index is -0.700. The summed E-state index contributed by atoms with van der Waals surface area (Å²) in [6.07, 6.45) is -0.700. The second-order valence-electron chi connectivity index (χ2n) is 4.41. The molecule has 0 spiro atoms. The molecule has 21 heavy (non-hydrogen) atoms. The third-order valence-corrected chi connectivity index (χ3v) is 2.94. The Morgan fingerprint density at radius 1 is 1.19 bits per heavy atom. The maximum atomic E-state index is 11.0. The predicted molar refractivity (Wildman–Crippen MR) is 76.8 cm³/mol. The van der Waals surface area contributed by atoms with Crippen molar-refractivity contribution < 1.29 is 19.5 Å². The molecular weight excluding hydrogens is 274 g/mol. The van der Waals surface area contributed by atoms with Gasteiger partial charge in [0.25, 0.3) is 0 Å². The Hall–Kier alpha value is -2.60. The second kappa shape index (κ2) is 6.23. The average molecular weight is 289 g/mol. The Morgan fingerprint density at radius 3 is 2.52 bits per heavy atom. The van der Waals surface area contributed by atoms with Gasteiger partial charge in [0.15, 0.2) is 5.75 Å². The van der Waals surface area contributed by atoms with E-state index < -0.39 is 11.0 Å². The van der Waals surface area contributed by atoms with E-state index in [1.54, 1.807) is 37.3 Å². The number of aliphatic hydroxyl groups excluding tert-OH is 1. The van der Waals surface area contributed by atoms with Gasteiger partial charge in [0, 0.05) is 5.56 Å². The van der Waals surface area contributed by atoms with Gasteiger partial charge in [0.05, 0.1) is 24.2 Å². The number of nitrogens with zero attached hydrogens (tertiary/aromatic N) is 1. The maximum absolute atomic E-state index is 11.0. The lowest BCUT2D eigenvalue weighted by molar-refractivity contribution is -0.385. The van der Waals surface area contributed by atoms with Gasteiger partial charge in [-0.05, 0) is 25.1 Å². The summed E-state index contributed by atoms with van der Waals surface area (Å²) < 4.78 is 10.6. The van der Waals surface area contributed by atoms with Crippen molar-refractivity contribution in [2.45, 2.75) is 13.0 Å². The normalized spacial score (nSPS) is 11.8. The minimum Gasteiger partial charge on any atom is -0.490 e. The third-order valence-electron chi connectivity index (χ3n) is 2.94. The molecule has 0 saturated heterocycles. The average Bonchev–Trinajstić information content (AvgIpc) is 2.47. The highest BCUT2D eigenvalue weighted by Gasteiger charge is 2.17. The number of nitro benzene ring substituents is 1. The van der Waals surface area contributed by atoms with E-state index >= 15 is 0 Å². The van der Waals surface area contributed by atoms with Gasteiger partial charge >= 0.3 is 5.69 Å². The van der Waals surface area contributed by atoms with Gasteiger partial charge in [0.1, 0.15) is 11.5 Å². The van der Waals surface area contributed by atoms with E-state index in [0.717, 1.165) is 0 Å². The summed E-state index contributed by atoms with van der Waals surface area (Å²) in [5.41, 5.74) is 0.431. The molecule has 0 aliphatic heterocycles. The Kier molecular flexibility index (Phi) is 4.39. The topological polar surface area (TPSA) is 81.8 Å². The van der Waals surface area contributed by atoms with Gasteiger partial charge in [-0.15, -0.1) is 0 Å². The van der Waals surface area contributed by atoms with Gasteiger partial charge in [-0.2, -0.15) is 0 Å². The van der Waals surface area contributed by atoms with Crippen LogP contribution in [-0.4, -0.2) is 17.1 Å². The van der Waals surface area contributed by atoms with Crippen molar-refractivity contribution in [1.29, 1.82) is 0 Å². The molecule has 0 aliphatic carbocycles. The summed E-state index contributed by atoms with van der Waals surface area (Å²) in [6, 6.07) is 11.3. The molecule has 1 N–H and O–H groups in total. The van der Waals surface area contributed by atoms with Crippen LogP contribution in [0.1, 0.15) is 18.6 Å². The first-order valence-corrected chi connectivity index (χ1v) is 6.30. The Balaban J connectivity index is 2.37. The molecule has 6 heteroatoms. The quantitative estimate of drug-likeness (QED) is 0.673. The number of rotatable bonds is 5. The van der Waals surface area contributed by atoms with Crippen molar-refractivity contribution in [3.63, 3.8) is 0 Å². The van der Waals surface area contributed by atoms with Gasteiger partial charge in [-0.1, -0.05) is 18.2 Å². The first-order valence-electron chi connectivity index (χ1n) is 6.30. The van der Waals surface area contributed by atoms with Crippen LogP contribution in [-0.2, 0) is 0 Å². The lowest BCUT2D eigenvalue weighted by Gasteiger charge is -2.13. The first kappa shape index (κ1) is 14.8. The number of methoxy groups -OCH3 is 1. The van der Waals surface area contributed by atoms with Gasteiger partial charge in [-0.3, -0.25) is 10.1 Å². The molecule has 2 rings (SSSR count). The van der Waals surface area contributed by atoms with Crippen molar-refractivity contribution in [3.8, 4) is 17.2 Å². The summed E-state index contributed by atoms with van der Waals surface area (Å²) in [5, 5.41) is 20.7. The molecule has 0 amide bonds. The van der Waals surface area contributed by atoms with Crippen LogP contribution in [0.5, 0.6) is 17.2 Å². The highest BCUT2D eigenvalue weighted by Crippen LogP contribution is 2.35. The smallest absolute Gasteiger partial charge is 0.314 e. The summed E-state index contributed by atoms with van der Waals surface area (Å²) in [4.78, 5) is 10.5. The molecule has 0 saturated carbocycles. The molecule has 110 valence electrons. The van der Waals surface area contributed by atoms with E-state index in [4.69, 9.17) is 9.47 Å². The Bertz CT molecular complexity index is 654. The molecule has 0 radical (unpaired) electrons. The molecule has 0 unspecified atom stereocenters. The highest BCUT2D eigenvalue weighted by atomic mass is 16.6. The zero-order valence-electron chi connectivity index (χ0n) is 11.6. The predicted octanol–water partition coefficient (Wildman–Crippen LogP) is 3.45. The second-order valence-corrected chi connectivity index (χ2v) is 4.41. The standard InChI is InChI=1S/C15H15NO5/c1-10(17)12-5-3-4-6-14(12)21-11-7-8-15(20-2)13(9-11)16(18)19/h3-10,17H,1-2H3/t10-/m1/s1. The number of ether oxygens (including phenoxy) is 2. The van der Waals surface area contributed by atoms with E-state index in [1.165, 1.54) is 19.2 Å². The Morgan fingerprint density at radius 2 is 1.90 bits per heavy atom. The van der Waals surface area contributed by atoms with E-state index in [1.807, 2.05) is 0 Å². The molecule has 0 bridgehead atoms. The van der Waals surface area contributed by atoms with Crippen LogP contribution in [0.15, 0.2) is 42.5 Å². The van der Waals surface area contributed by atoms with E-state index in [2.05, 4.69) is 0 Å². The van der Waals surface area contributed by atoms with Gasteiger partial charge in [0.2, 0.25) is 0 Å². The number of nitro groups is 1. The lowest BCUT2D eigenvalue weighted by Crippen LogP contribution is -1.97. The van der Waals surface area contributed by atoms with Gasteiger partial charge in [-0.25, -0.2) is 0 Å². The molecule has 2 aromatic rings. The number of para-hydroxylation sites is 1. The zero-order chi connectivity index (χ0) is 15.4. The molecule has 0 heterocycles. The van der Waals surface area contributed by atoms with Crippen molar-refractivity contribution >= 4 is 5.69 Å². The fraction of sp³-hybridized carbons (Fsp3) is 0.200. The summed E-state index contributed by atoms with van der Waals surface area (Å²) in [6.45, 7) is 1.62. The number of aliphatic hydroxyl groups is 1.